The van der Waals surface area contributed by atoms with Gasteiger partial charge in [-0.1, -0.05) is 18.2 Å². The summed E-state index contributed by atoms with van der Waals surface area (Å²) in [6, 6.07) is 10.8. The molecule has 1 aromatic heterocycles. The molecule has 0 aliphatic heterocycles. The largest absolute Gasteiger partial charge is 0.573 e. The molecule has 268 valence electrons. The average Bonchev–Trinajstić information content (AvgIpc) is 3.41. The molecule has 3 aromatic carbocycles. The van der Waals surface area contributed by atoms with Crippen molar-refractivity contribution in [1.29, 1.82) is 0 Å². The van der Waals surface area contributed by atoms with Crippen LogP contribution in [0.5, 0.6) is 5.75 Å². The molecule has 9 nitrogen and oxygen atoms in total. The van der Waals surface area contributed by atoms with Gasteiger partial charge >= 0.3 is 12.5 Å². The van der Waals surface area contributed by atoms with Gasteiger partial charge in [0.1, 0.15) is 17.4 Å². The Kier molecular flexibility index (Phi) is 11.1. The van der Waals surface area contributed by atoms with Crippen LogP contribution in [0.4, 0.5) is 30.7 Å². The number of methoxy groups -OCH3 is 1. The minimum Gasteiger partial charge on any atom is -0.484 e. The van der Waals surface area contributed by atoms with Crippen LogP contribution in [0, 0.1) is 12.7 Å². The van der Waals surface area contributed by atoms with Gasteiger partial charge in [-0.2, -0.15) is 13.2 Å². The van der Waals surface area contributed by atoms with Gasteiger partial charge in [0.15, 0.2) is 21.4 Å². The minimum absolute atomic E-state index is 0.0131. The molecule has 50 heavy (non-hydrogen) atoms. The zero-order valence-electron chi connectivity index (χ0n) is 26.8. The Morgan fingerprint density at radius 1 is 1.04 bits per heavy atom. The van der Waals surface area contributed by atoms with Gasteiger partial charge in [-0.3, -0.25) is 0 Å². The zero-order chi connectivity index (χ0) is 37.2. The number of benzene rings is 3. The highest BCUT2D eigenvalue weighted by Gasteiger charge is 2.35. The lowest BCUT2D eigenvalue weighted by atomic mass is 9.98. The van der Waals surface area contributed by atoms with Gasteiger partial charge in [-0.05, 0) is 73.0 Å². The van der Waals surface area contributed by atoms with Crippen LogP contribution in [-0.4, -0.2) is 59.9 Å². The molecule has 0 saturated heterocycles. The molecular formula is C33H30F7N3O6S. The number of hydrogen-bond donors (Lipinski definition) is 2. The Hall–Kier alpha value is -4.74. The average molecular weight is 730 g/mol. The fourth-order valence-corrected chi connectivity index (χ4v) is 5.85. The summed E-state index contributed by atoms with van der Waals surface area (Å²) in [6.07, 6.45) is -7.93. The molecule has 1 heterocycles. The smallest absolute Gasteiger partial charge is 0.484 e. The molecule has 0 saturated carbocycles. The maximum Gasteiger partial charge on any atom is 0.573 e. The lowest BCUT2D eigenvalue weighted by molar-refractivity contribution is -0.274. The number of alkyl halides is 6. The fraction of sp³-hybridized carbons (Fsp3) is 0.273. The van der Waals surface area contributed by atoms with E-state index in [1.165, 1.54) is 57.4 Å². The number of halogens is 7. The Morgan fingerprint density at radius 2 is 1.70 bits per heavy atom. The zero-order valence-corrected chi connectivity index (χ0v) is 27.6. The topological polar surface area (TPSA) is 123 Å². The second-order valence-electron chi connectivity index (χ2n) is 11.0. The predicted molar refractivity (Wildman–Crippen MR) is 169 cm³/mol. The molecule has 0 amide bonds. The van der Waals surface area contributed by atoms with Gasteiger partial charge in [0, 0.05) is 30.0 Å². The highest BCUT2D eigenvalue weighted by atomic mass is 32.2. The van der Waals surface area contributed by atoms with Crippen LogP contribution in [0.1, 0.15) is 41.6 Å². The molecule has 0 radical (unpaired) electrons. The van der Waals surface area contributed by atoms with E-state index in [4.69, 9.17) is 4.74 Å². The molecule has 0 aliphatic rings. The van der Waals surface area contributed by atoms with Gasteiger partial charge in [-0.25, -0.2) is 22.8 Å². The van der Waals surface area contributed by atoms with E-state index in [1.807, 2.05) is 0 Å². The number of aliphatic imine (C=N–C) groups is 1. The van der Waals surface area contributed by atoms with E-state index >= 15 is 4.39 Å². The Labute approximate surface area is 281 Å². The number of ether oxygens (including phenoxy) is 2. The van der Waals surface area contributed by atoms with E-state index in [9.17, 15) is 45.0 Å². The molecule has 17 heteroatoms. The summed E-state index contributed by atoms with van der Waals surface area (Å²) in [5, 5.41) is 19.7. The summed E-state index contributed by atoms with van der Waals surface area (Å²) < 4.78 is 130. The predicted octanol–water partition coefficient (Wildman–Crippen LogP) is 7.11. The van der Waals surface area contributed by atoms with Crippen molar-refractivity contribution in [2.75, 3.05) is 13.4 Å². The Morgan fingerprint density at radius 3 is 2.22 bits per heavy atom. The van der Waals surface area contributed by atoms with E-state index in [2.05, 4.69) is 14.7 Å². The van der Waals surface area contributed by atoms with Crippen LogP contribution in [0.15, 0.2) is 70.7 Å². The summed E-state index contributed by atoms with van der Waals surface area (Å²) in [4.78, 5) is 7.65. The number of nitrogens with zero attached hydrogens (tertiary/aromatic N) is 3. The summed E-state index contributed by atoms with van der Waals surface area (Å²) in [7, 11) is -2.80. The molecule has 0 fully saturated rings. The number of sulfone groups is 1. The van der Waals surface area contributed by atoms with Crippen molar-refractivity contribution in [2.45, 2.75) is 50.4 Å². The van der Waals surface area contributed by atoms with Crippen molar-refractivity contribution in [3.8, 4) is 22.6 Å². The number of aliphatic hydroxyl groups excluding tert-OH is 2. The van der Waals surface area contributed by atoms with Crippen LogP contribution >= 0.6 is 0 Å². The summed E-state index contributed by atoms with van der Waals surface area (Å²) in [6.45, 7) is 1.84. The quantitative estimate of drug-likeness (QED) is 0.0772. The van der Waals surface area contributed by atoms with E-state index in [-0.39, 0.29) is 51.8 Å². The molecule has 4 rings (SSSR count). The van der Waals surface area contributed by atoms with Crippen molar-refractivity contribution in [3.63, 3.8) is 0 Å². The van der Waals surface area contributed by atoms with E-state index in [1.54, 1.807) is 0 Å². The molecule has 2 N–H and O–H groups in total. The van der Waals surface area contributed by atoms with Crippen molar-refractivity contribution in [2.24, 2.45) is 4.99 Å². The Balaban J connectivity index is 2.07. The maximum absolute atomic E-state index is 15.2. The van der Waals surface area contributed by atoms with Crippen molar-refractivity contribution in [1.82, 2.24) is 9.55 Å². The third-order valence-corrected chi connectivity index (χ3v) is 8.28. The van der Waals surface area contributed by atoms with E-state index < -0.39 is 62.8 Å². The lowest BCUT2D eigenvalue weighted by Crippen LogP contribution is -2.16. The number of rotatable bonds is 10. The normalized spacial score (nSPS) is 13.8. The highest BCUT2D eigenvalue weighted by Crippen LogP contribution is 2.36. The van der Waals surface area contributed by atoms with Gasteiger partial charge < -0.3 is 24.3 Å². The van der Waals surface area contributed by atoms with Gasteiger partial charge in [-0.15, -0.1) is 13.2 Å². The molecule has 1 atom stereocenters. The van der Waals surface area contributed by atoms with Crippen LogP contribution in [0.3, 0.4) is 0 Å². The third kappa shape index (κ3) is 9.28. The number of hydrogen-bond acceptors (Lipinski definition) is 8. The monoisotopic (exact) mass is 729 g/mol. The SMILES string of the molecule is CO/C(CC(C)O)=N\C(=C\c1ccc(OC(F)(F)F)cc1)c1cc(-c2cc(F)c(CO)c(S(C)(=O)=O)c2)ccc1-n1cc(C(F)(F)F)nc1C. The fourth-order valence-electron chi connectivity index (χ4n) is 4.90. The summed E-state index contributed by atoms with van der Waals surface area (Å²) >= 11 is 0. The van der Waals surface area contributed by atoms with Crippen LogP contribution in [-0.2, 0) is 27.4 Å². The number of aromatic nitrogens is 2. The van der Waals surface area contributed by atoms with Gasteiger partial charge in [0.05, 0.1) is 36.1 Å². The molecule has 0 bridgehead atoms. The maximum atomic E-state index is 15.2. The highest BCUT2D eigenvalue weighted by molar-refractivity contribution is 7.90. The lowest BCUT2D eigenvalue weighted by Gasteiger charge is -2.17. The molecule has 4 aromatic rings. The van der Waals surface area contributed by atoms with Gasteiger partial charge in [0.2, 0.25) is 0 Å². The first-order valence-electron chi connectivity index (χ1n) is 14.5. The van der Waals surface area contributed by atoms with Crippen molar-refractivity contribution >= 4 is 27.5 Å². The first kappa shape index (κ1) is 38.1. The summed E-state index contributed by atoms with van der Waals surface area (Å²) in [5.74, 6) is -1.71. The van der Waals surface area contributed by atoms with Crippen LogP contribution < -0.4 is 4.74 Å². The standard InChI is InChI=1S/C33H30F7N3O6S/c1-18(45)11-31(48-3)42-27(12-20-5-8-23(9-6-20)49-33(38,39)40)24-13-21(22-14-26(34)25(17-44)29(15-22)50(4,46)47)7-10-28(24)43-16-30(32(35,36)37)41-19(43)2/h5-10,12-16,18,44-45H,11,17H2,1-4H3/b27-12+,42-31-. The first-order valence-corrected chi connectivity index (χ1v) is 16.4. The number of imidazole rings is 1. The number of aliphatic hydroxyl groups is 2. The van der Waals surface area contributed by atoms with Gasteiger partial charge in [0.25, 0.3) is 0 Å². The molecule has 0 spiro atoms. The van der Waals surface area contributed by atoms with E-state index in [0.29, 0.717) is 0 Å². The second kappa shape index (κ2) is 14.6. The number of aryl methyl sites for hydroxylation is 1. The van der Waals surface area contributed by atoms with Crippen molar-refractivity contribution in [3.05, 3.63) is 94.8 Å². The molecule has 1 unspecified atom stereocenters. The van der Waals surface area contributed by atoms with E-state index in [0.717, 1.165) is 41.3 Å². The second-order valence-corrected chi connectivity index (χ2v) is 13.0. The third-order valence-electron chi connectivity index (χ3n) is 7.12. The first-order chi connectivity index (χ1) is 23.2. The van der Waals surface area contributed by atoms with Crippen molar-refractivity contribution < 1.29 is 58.8 Å². The molecule has 0 aliphatic carbocycles. The van der Waals surface area contributed by atoms with Crippen LogP contribution in [0.25, 0.3) is 28.6 Å². The summed E-state index contributed by atoms with van der Waals surface area (Å²) in [5.41, 5.74) is -1.18. The molecular weight excluding hydrogens is 699 g/mol. The van der Waals surface area contributed by atoms with Crippen LogP contribution in [0.2, 0.25) is 0 Å². The Bertz CT molecular complexity index is 2040. The minimum atomic E-state index is -4.96.